The predicted octanol–water partition coefficient (Wildman–Crippen LogP) is 3.52. The lowest BCUT2D eigenvalue weighted by Gasteiger charge is -2.36. The van der Waals surface area contributed by atoms with Crippen molar-refractivity contribution in [2.75, 3.05) is 26.2 Å². The van der Waals surface area contributed by atoms with Crippen LogP contribution in [0.1, 0.15) is 59.8 Å². The minimum atomic E-state index is 0.757. The van der Waals surface area contributed by atoms with Crippen molar-refractivity contribution >= 4 is 0 Å². The van der Waals surface area contributed by atoms with Gasteiger partial charge in [0.1, 0.15) is 0 Å². The van der Waals surface area contributed by atoms with Crippen molar-refractivity contribution in [3.63, 3.8) is 0 Å². The molecular weight excluding hydrogens is 220 g/mol. The van der Waals surface area contributed by atoms with Crippen LogP contribution in [-0.4, -0.2) is 37.1 Å². The lowest BCUT2D eigenvalue weighted by atomic mass is 9.91. The summed E-state index contributed by atoms with van der Waals surface area (Å²) in [6.07, 6.45) is 6.96. The maximum atomic E-state index is 3.56. The van der Waals surface area contributed by atoms with Crippen LogP contribution in [0.4, 0.5) is 0 Å². The first kappa shape index (κ1) is 16.0. The Kier molecular flexibility index (Phi) is 7.92. The van der Waals surface area contributed by atoms with Crippen molar-refractivity contribution in [2.24, 2.45) is 11.8 Å². The third kappa shape index (κ3) is 6.19. The van der Waals surface area contributed by atoms with Gasteiger partial charge in [0.25, 0.3) is 0 Å². The number of hydrogen-bond acceptors (Lipinski definition) is 2. The number of likely N-dealkylation sites (tertiary alicyclic amines) is 1. The van der Waals surface area contributed by atoms with E-state index in [2.05, 4.69) is 37.9 Å². The van der Waals surface area contributed by atoms with Gasteiger partial charge in [-0.15, -0.1) is 0 Å². The highest BCUT2D eigenvalue weighted by Gasteiger charge is 2.21. The van der Waals surface area contributed by atoms with Gasteiger partial charge in [0.2, 0.25) is 0 Å². The maximum absolute atomic E-state index is 3.56. The summed E-state index contributed by atoms with van der Waals surface area (Å²) in [7, 11) is 0. The average molecular weight is 254 g/mol. The van der Waals surface area contributed by atoms with Gasteiger partial charge in [-0.2, -0.15) is 0 Å². The van der Waals surface area contributed by atoms with Crippen LogP contribution in [0.25, 0.3) is 0 Å². The highest BCUT2D eigenvalue weighted by Crippen LogP contribution is 2.23. The molecule has 1 saturated heterocycles. The number of nitrogens with zero attached hydrogens (tertiary/aromatic N) is 1. The molecule has 2 nitrogen and oxygen atoms in total. The maximum Gasteiger partial charge on any atom is 0.00790 e. The Morgan fingerprint density at radius 1 is 1.17 bits per heavy atom. The topological polar surface area (TPSA) is 15.3 Å². The molecule has 0 aromatic rings. The molecule has 108 valence electrons. The molecule has 0 aliphatic carbocycles. The summed E-state index contributed by atoms with van der Waals surface area (Å²) >= 11 is 0. The Bertz CT molecular complexity index is 195. The van der Waals surface area contributed by atoms with Gasteiger partial charge in [0.05, 0.1) is 0 Å². The summed E-state index contributed by atoms with van der Waals surface area (Å²) in [5, 5.41) is 3.56. The van der Waals surface area contributed by atoms with Crippen molar-refractivity contribution in [3.8, 4) is 0 Å². The molecule has 0 radical (unpaired) electrons. The lowest BCUT2D eigenvalue weighted by Crippen LogP contribution is -2.41. The van der Waals surface area contributed by atoms with Gasteiger partial charge >= 0.3 is 0 Å². The molecule has 1 rings (SSSR count). The molecule has 0 amide bonds. The molecule has 1 atom stereocenters. The van der Waals surface area contributed by atoms with Crippen LogP contribution in [0.3, 0.4) is 0 Å². The van der Waals surface area contributed by atoms with Crippen molar-refractivity contribution in [2.45, 2.75) is 65.8 Å². The summed E-state index contributed by atoms with van der Waals surface area (Å²) in [5.74, 6) is 1.78. The first-order chi connectivity index (χ1) is 8.63. The molecule has 2 heteroatoms. The van der Waals surface area contributed by atoms with Gasteiger partial charge in [-0.1, -0.05) is 33.6 Å². The molecule has 1 N–H and O–H groups in total. The molecule has 1 aliphatic heterocycles. The second-order valence-corrected chi connectivity index (χ2v) is 6.50. The zero-order chi connectivity index (χ0) is 13.4. The third-order valence-electron chi connectivity index (χ3n) is 4.26. The first-order valence-electron chi connectivity index (χ1n) is 8.08. The SMILES string of the molecule is CCCC1CCN(C(C)CCNCC(C)C)CC1. The molecule has 0 aromatic carbocycles. The molecule has 0 spiro atoms. The Hall–Kier alpha value is -0.0800. The van der Waals surface area contributed by atoms with E-state index in [1.807, 2.05) is 0 Å². The summed E-state index contributed by atoms with van der Waals surface area (Å²) < 4.78 is 0. The Morgan fingerprint density at radius 2 is 1.83 bits per heavy atom. The van der Waals surface area contributed by atoms with Crippen molar-refractivity contribution in [3.05, 3.63) is 0 Å². The van der Waals surface area contributed by atoms with Gasteiger partial charge in [-0.3, -0.25) is 0 Å². The van der Waals surface area contributed by atoms with Crippen molar-refractivity contribution < 1.29 is 0 Å². The largest absolute Gasteiger partial charge is 0.316 e. The zero-order valence-corrected chi connectivity index (χ0v) is 13.0. The number of nitrogens with one attached hydrogen (secondary N) is 1. The van der Waals surface area contributed by atoms with E-state index in [1.165, 1.54) is 51.7 Å². The summed E-state index contributed by atoms with van der Waals surface area (Å²) in [4.78, 5) is 2.70. The fourth-order valence-corrected chi connectivity index (χ4v) is 2.97. The molecule has 1 unspecified atom stereocenters. The highest BCUT2D eigenvalue weighted by atomic mass is 15.2. The van der Waals surface area contributed by atoms with Gasteiger partial charge in [-0.25, -0.2) is 0 Å². The third-order valence-corrected chi connectivity index (χ3v) is 4.26. The Balaban J connectivity index is 2.10. The quantitative estimate of drug-likeness (QED) is 0.667. The molecule has 1 aliphatic rings. The van der Waals surface area contributed by atoms with Crippen LogP contribution >= 0.6 is 0 Å². The Morgan fingerprint density at radius 3 is 2.39 bits per heavy atom. The van der Waals surface area contributed by atoms with Gasteiger partial charge in [0.15, 0.2) is 0 Å². The van der Waals surface area contributed by atoms with E-state index in [0.29, 0.717) is 0 Å². The van der Waals surface area contributed by atoms with E-state index in [9.17, 15) is 0 Å². The van der Waals surface area contributed by atoms with Crippen LogP contribution in [0, 0.1) is 11.8 Å². The smallest absolute Gasteiger partial charge is 0.00790 e. The molecule has 1 fully saturated rings. The van der Waals surface area contributed by atoms with Gasteiger partial charge < -0.3 is 10.2 Å². The minimum Gasteiger partial charge on any atom is -0.316 e. The van der Waals surface area contributed by atoms with Crippen LogP contribution in [0.15, 0.2) is 0 Å². The summed E-state index contributed by atoms with van der Waals surface area (Å²) in [6.45, 7) is 14.3. The van der Waals surface area contributed by atoms with E-state index in [1.54, 1.807) is 0 Å². The standard InChI is InChI=1S/C16H34N2/c1-5-6-16-8-11-18(12-9-16)15(4)7-10-17-13-14(2)3/h14-17H,5-13H2,1-4H3. The lowest BCUT2D eigenvalue weighted by molar-refractivity contribution is 0.131. The number of rotatable bonds is 8. The fourth-order valence-electron chi connectivity index (χ4n) is 2.97. The van der Waals surface area contributed by atoms with E-state index >= 15 is 0 Å². The van der Waals surface area contributed by atoms with Crippen LogP contribution in [-0.2, 0) is 0 Å². The van der Waals surface area contributed by atoms with E-state index in [4.69, 9.17) is 0 Å². The molecule has 0 saturated carbocycles. The highest BCUT2D eigenvalue weighted by molar-refractivity contribution is 4.76. The van der Waals surface area contributed by atoms with Crippen LogP contribution < -0.4 is 5.32 Å². The molecule has 0 bridgehead atoms. The van der Waals surface area contributed by atoms with E-state index in [0.717, 1.165) is 24.4 Å². The summed E-state index contributed by atoms with van der Waals surface area (Å²) in [6, 6.07) is 0.757. The first-order valence-corrected chi connectivity index (χ1v) is 8.08. The second-order valence-electron chi connectivity index (χ2n) is 6.50. The average Bonchev–Trinajstić information content (AvgIpc) is 2.35. The number of hydrogen-bond donors (Lipinski definition) is 1. The molecule has 1 heterocycles. The normalized spacial score (nSPS) is 20.5. The van der Waals surface area contributed by atoms with Crippen molar-refractivity contribution in [1.82, 2.24) is 10.2 Å². The Labute approximate surface area is 115 Å². The van der Waals surface area contributed by atoms with Crippen LogP contribution in [0.2, 0.25) is 0 Å². The van der Waals surface area contributed by atoms with Gasteiger partial charge in [-0.05, 0) is 64.2 Å². The van der Waals surface area contributed by atoms with E-state index in [-0.39, 0.29) is 0 Å². The summed E-state index contributed by atoms with van der Waals surface area (Å²) in [5.41, 5.74) is 0. The van der Waals surface area contributed by atoms with E-state index < -0.39 is 0 Å². The fraction of sp³-hybridized carbons (Fsp3) is 1.00. The zero-order valence-electron chi connectivity index (χ0n) is 13.0. The number of piperidine rings is 1. The predicted molar refractivity (Wildman–Crippen MR) is 81.0 cm³/mol. The van der Waals surface area contributed by atoms with Crippen molar-refractivity contribution in [1.29, 1.82) is 0 Å². The van der Waals surface area contributed by atoms with Gasteiger partial charge in [0, 0.05) is 6.04 Å². The molecular formula is C16H34N2. The molecule has 0 aromatic heterocycles. The monoisotopic (exact) mass is 254 g/mol. The van der Waals surface area contributed by atoms with Crippen LogP contribution in [0.5, 0.6) is 0 Å². The molecule has 18 heavy (non-hydrogen) atoms. The minimum absolute atomic E-state index is 0.757. The second kappa shape index (κ2) is 8.92.